The van der Waals surface area contributed by atoms with Gasteiger partial charge in [0.05, 0.1) is 13.5 Å². The molecule has 6 heteroatoms. The molecule has 0 bridgehead atoms. The summed E-state index contributed by atoms with van der Waals surface area (Å²) < 4.78 is 4.62. The summed E-state index contributed by atoms with van der Waals surface area (Å²) in [6, 6.07) is 6.22. The van der Waals surface area contributed by atoms with E-state index in [0.717, 1.165) is 5.56 Å². The quantitative estimate of drug-likeness (QED) is 0.589. The highest BCUT2D eigenvalue weighted by molar-refractivity contribution is 5.98. The number of carbonyl (C=O) groups excluding carboxylic acids is 3. The molecule has 6 nitrogen and oxygen atoms in total. The van der Waals surface area contributed by atoms with Gasteiger partial charge < -0.3 is 15.4 Å². The van der Waals surface area contributed by atoms with Gasteiger partial charge in [0.1, 0.15) is 6.04 Å². The van der Waals surface area contributed by atoms with E-state index in [1.807, 2.05) is 0 Å². The van der Waals surface area contributed by atoms with Crippen LogP contribution in [0.1, 0.15) is 18.9 Å². The Morgan fingerprint density at radius 3 is 2.41 bits per heavy atom. The second-order valence-corrected chi connectivity index (χ2v) is 4.62. The van der Waals surface area contributed by atoms with Crippen molar-refractivity contribution in [1.82, 2.24) is 5.32 Å². The first-order chi connectivity index (χ1) is 10.5. The Labute approximate surface area is 129 Å². The average molecular weight is 304 g/mol. The van der Waals surface area contributed by atoms with Crippen molar-refractivity contribution in [2.75, 3.05) is 12.4 Å². The van der Waals surface area contributed by atoms with Crippen molar-refractivity contribution < 1.29 is 19.1 Å². The lowest BCUT2D eigenvalue weighted by molar-refractivity contribution is -0.145. The third kappa shape index (κ3) is 5.40. The van der Waals surface area contributed by atoms with E-state index in [0.29, 0.717) is 12.1 Å². The van der Waals surface area contributed by atoms with Gasteiger partial charge in [-0.1, -0.05) is 25.6 Å². The fourth-order valence-electron chi connectivity index (χ4n) is 1.80. The molecule has 1 unspecified atom stereocenters. The molecule has 0 aromatic heterocycles. The van der Waals surface area contributed by atoms with Crippen molar-refractivity contribution >= 4 is 23.5 Å². The monoisotopic (exact) mass is 304 g/mol. The van der Waals surface area contributed by atoms with Crippen LogP contribution in [0.5, 0.6) is 0 Å². The molecule has 0 aliphatic rings. The molecule has 0 aliphatic heterocycles. The molecule has 2 N–H and O–H groups in total. The van der Waals surface area contributed by atoms with Gasteiger partial charge in [0.15, 0.2) is 0 Å². The summed E-state index contributed by atoms with van der Waals surface area (Å²) >= 11 is 0. The minimum atomic E-state index is -0.636. The Morgan fingerprint density at radius 2 is 1.91 bits per heavy atom. The highest BCUT2D eigenvalue weighted by atomic mass is 16.5. The molecule has 0 fully saturated rings. The van der Waals surface area contributed by atoms with Crippen molar-refractivity contribution in [3.05, 3.63) is 42.5 Å². The maximum atomic E-state index is 11.9. The Morgan fingerprint density at radius 1 is 1.27 bits per heavy atom. The Hall–Kier alpha value is -2.63. The van der Waals surface area contributed by atoms with E-state index >= 15 is 0 Å². The number of rotatable bonds is 7. The SMILES string of the molecule is C=CC(=O)Nc1ccc(CC(=O)NC(CC)C(=O)OC)cc1. The molecule has 118 valence electrons. The van der Waals surface area contributed by atoms with E-state index < -0.39 is 12.0 Å². The molecule has 1 atom stereocenters. The summed E-state index contributed by atoms with van der Waals surface area (Å²) in [4.78, 5) is 34.5. The van der Waals surface area contributed by atoms with Gasteiger partial charge in [0.2, 0.25) is 11.8 Å². The number of anilines is 1. The summed E-state index contributed by atoms with van der Waals surface area (Å²) in [5.74, 6) is -1.02. The van der Waals surface area contributed by atoms with Crippen molar-refractivity contribution in [2.24, 2.45) is 0 Å². The summed E-state index contributed by atoms with van der Waals surface area (Å²) in [5.41, 5.74) is 1.39. The molecule has 2 amide bonds. The van der Waals surface area contributed by atoms with Gasteiger partial charge in [-0.05, 0) is 30.2 Å². The maximum Gasteiger partial charge on any atom is 0.328 e. The number of methoxy groups -OCH3 is 1. The number of amides is 2. The molecule has 0 spiro atoms. The number of ether oxygens (including phenoxy) is 1. The fourth-order valence-corrected chi connectivity index (χ4v) is 1.80. The Kier molecular flexibility index (Phi) is 6.82. The molecule has 0 radical (unpaired) electrons. The largest absolute Gasteiger partial charge is 0.467 e. The molecule has 0 saturated heterocycles. The van der Waals surface area contributed by atoms with Gasteiger partial charge in [-0.3, -0.25) is 9.59 Å². The van der Waals surface area contributed by atoms with Crippen molar-refractivity contribution in [3.8, 4) is 0 Å². The summed E-state index contributed by atoms with van der Waals surface area (Å²) in [6.07, 6.45) is 1.78. The van der Waals surface area contributed by atoms with Gasteiger partial charge in [0.25, 0.3) is 0 Å². The number of carbonyl (C=O) groups is 3. The molecule has 1 aromatic carbocycles. The second kappa shape index (κ2) is 8.61. The highest BCUT2D eigenvalue weighted by Gasteiger charge is 2.19. The minimum Gasteiger partial charge on any atom is -0.467 e. The Bertz CT molecular complexity index is 552. The number of benzene rings is 1. The molecular formula is C16H20N2O4. The van der Waals surface area contributed by atoms with Crippen LogP contribution < -0.4 is 10.6 Å². The predicted molar refractivity (Wildman–Crippen MR) is 83.2 cm³/mol. The first-order valence-electron chi connectivity index (χ1n) is 6.89. The van der Waals surface area contributed by atoms with Gasteiger partial charge in [-0.2, -0.15) is 0 Å². The van der Waals surface area contributed by atoms with Gasteiger partial charge in [-0.15, -0.1) is 0 Å². The third-order valence-electron chi connectivity index (χ3n) is 3.00. The van der Waals surface area contributed by atoms with E-state index in [2.05, 4.69) is 21.9 Å². The summed E-state index contributed by atoms with van der Waals surface area (Å²) in [7, 11) is 1.29. The van der Waals surface area contributed by atoms with Crippen LogP contribution in [0.4, 0.5) is 5.69 Å². The van der Waals surface area contributed by atoms with Crippen LogP contribution in [-0.4, -0.2) is 30.9 Å². The first kappa shape index (κ1) is 17.4. The molecule has 1 rings (SSSR count). The molecule has 0 saturated carbocycles. The maximum absolute atomic E-state index is 11.9. The predicted octanol–water partition coefficient (Wildman–Crippen LogP) is 1.42. The molecular weight excluding hydrogens is 284 g/mol. The van der Waals surface area contributed by atoms with Crippen molar-refractivity contribution in [3.63, 3.8) is 0 Å². The fraction of sp³-hybridized carbons (Fsp3) is 0.312. The molecule has 0 heterocycles. The molecule has 1 aromatic rings. The van der Waals surface area contributed by atoms with Crippen LogP contribution in [0.3, 0.4) is 0 Å². The van der Waals surface area contributed by atoms with Crippen molar-refractivity contribution in [1.29, 1.82) is 0 Å². The van der Waals surface area contributed by atoms with E-state index in [1.54, 1.807) is 31.2 Å². The zero-order chi connectivity index (χ0) is 16.5. The standard InChI is InChI=1S/C16H20N2O4/c1-4-13(16(21)22-3)18-15(20)10-11-6-8-12(9-7-11)17-14(19)5-2/h5-9,13H,2,4,10H2,1,3H3,(H,17,19)(H,18,20). The van der Waals surface area contributed by atoms with E-state index in [4.69, 9.17) is 0 Å². The van der Waals surface area contributed by atoms with Gasteiger partial charge in [-0.25, -0.2) is 4.79 Å². The lowest BCUT2D eigenvalue weighted by atomic mass is 10.1. The topological polar surface area (TPSA) is 84.5 Å². The van der Waals surface area contributed by atoms with Crippen LogP contribution in [0.2, 0.25) is 0 Å². The smallest absolute Gasteiger partial charge is 0.328 e. The Balaban J connectivity index is 2.59. The summed E-state index contributed by atoms with van der Waals surface area (Å²) in [6.45, 7) is 5.16. The minimum absolute atomic E-state index is 0.142. The first-order valence-corrected chi connectivity index (χ1v) is 6.89. The summed E-state index contributed by atoms with van der Waals surface area (Å²) in [5, 5.41) is 5.24. The normalized spacial score (nSPS) is 11.2. The van der Waals surface area contributed by atoms with Gasteiger partial charge in [0, 0.05) is 5.69 Å². The van der Waals surface area contributed by atoms with E-state index in [-0.39, 0.29) is 18.2 Å². The van der Waals surface area contributed by atoms with E-state index in [1.165, 1.54) is 13.2 Å². The zero-order valence-corrected chi connectivity index (χ0v) is 12.7. The van der Waals surface area contributed by atoms with Crippen LogP contribution in [0, 0.1) is 0 Å². The van der Waals surface area contributed by atoms with Crippen LogP contribution in [-0.2, 0) is 25.5 Å². The number of hydrogen-bond acceptors (Lipinski definition) is 4. The lowest BCUT2D eigenvalue weighted by Gasteiger charge is -2.14. The number of hydrogen-bond donors (Lipinski definition) is 2. The van der Waals surface area contributed by atoms with E-state index in [9.17, 15) is 14.4 Å². The van der Waals surface area contributed by atoms with Crippen LogP contribution in [0.25, 0.3) is 0 Å². The second-order valence-electron chi connectivity index (χ2n) is 4.62. The highest BCUT2D eigenvalue weighted by Crippen LogP contribution is 2.10. The lowest BCUT2D eigenvalue weighted by Crippen LogP contribution is -2.41. The third-order valence-corrected chi connectivity index (χ3v) is 3.00. The molecule has 0 aliphatic carbocycles. The number of nitrogens with one attached hydrogen (secondary N) is 2. The van der Waals surface area contributed by atoms with Crippen molar-refractivity contribution in [2.45, 2.75) is 25.8 Å². The van der Waals surface area contributed by atoms with Crippen LogP contribution in [0.15, 0.2) is 36.9 Å². The number of esters is 1. The average Bonchev–Trinajstić information content (AvgIpc) is 2.53. The van der Waals surface area contributed by atoms with Crippen LogP contribution >= 0.6 is 0 Å². The molecule has 22 heavy (non-hydrogen) atoms. The van der Waals surface area contributed by atoms with Gasteiger partial charge >= 0.3 is 5.97 Å². The zero-order valence-electron chi connectivity index (χ0n) is 12.7.